The molecule has 1 aliphatic rings. The number of benzene rings is 2. The van der Waals surface area contributed by atoms with E-state index < -0.39 is 11.7 Å². The summed E-state index contributed by atoms with van der Waals surface area (Å²) in [7, 11) is 0. The first-order valence-corrected chi connectivity index (χ1v) is 13.9. The molecule has 0 bridgehead atoms. The first-order chi connectivity index (χ1) is 19.3. The molecular weight excluding hydrogens is 528 g/mol. The highest BCUT2D eigenvalue weighted by molar-refractivity contribution is 7.10. The quantitative estimate of drug-likeness (QED) is 0.370. The third kappa shape index (κ3) is 7.33. The molecule has 10 heteroatoms. The summed E-state index contributed by atoms with van der Waals surface area (Å²) in [6, 6.07) is 19.1. The van der Waals surface area contributed by atoms with Crippen molar-refractivity contribution in [2.24, 2.45) is 0 Å². The van der Waals surface area contributed by atoms with Crippen molar-refractivity contribution < 1.29 is 23.9 Å². The first kappa shape index (κ1) is 29.0. The molecule has 2 heterocycles. The van der Waals surface area contributed by atoms with Gasteiger partial charge in [-0.1, -0.05) is 43.3 Å². The maximum atomic E-state index is 13.3. The summed E-state index contributed by atoms with van der Waals surface area (Å²) in [5.74, 6) is -2.19. The van der Waals surface area contributed by atoms with Crippen LogP contribution in [0.5, 0.6) is 0 Å². The summed E-state index contributed by atoms with van der Waals surface area (Å²) < 4.78 is 11.6. The average Bonchev–Trinajstić information content (AvgIpc) is 3.64. The molecular formula is C30H32N4O5S. The molecule has 4 rings (SSSR count). The second-order valence-electron chi connectivity index (χ2n) is 9.48. The monoisotopic (exact) mass is 560 g/mol. The van der Waals surface area contributed by atoms with Crippen molar-refractivity contribution in [1.29, 1.82) is 5.26 Å². The minimum absolute atomic E-state index is 0.0497. The lowest BCUT2D eigenvalue weighted by Gasteiger charge is -2.33. The smallest absolute Gasteiger partial charge is 0.251 e. The number of thiophene rings is 1. The summed E-state index contributed by atoms with van der Waals surface area (Å²) in [6.45, 7) is 4.40. The van der Waals surface area contributed by atoms with Gasteiger partial charge in [-0.25, -0.2) is 0 Å². The Balaban J connectivity index is 1.39. The molecule has 3 amide bonds. The van der Waals surface area contributed by atoms with Gasteiger partial charge in [0.1, 0.15) is 6.07 Å². The van der Waals surface area contributed by atoms with Crippen LogP contribution in [0.2, 0.25) is 0 Å². The first-order valence-electron chi connectivity index (χ1n) is 13.1. The van der Waals surface area contributed by atoms with Crippen LogP contribution in [-0.2, 0) is 25.6 Å². The van der Waals surface area contributed by atoms with E-state index in [9.17, 15) is 14.4 Å². The topological polar surface area (TPSA) is 121 Å². The van der Waals surface area contributed by atoms with Crippen LogP contribution in [0.4, 0.5) is 0 Å². The van der Waals surface area contributed by atoms with E-state index >= 15 is 0 Å². The van der Waals surface area contributed by atoms with Gasteiger partial charge in [0.2, 0.25) is 11.8 Å². The number of nitrogens with one attached hydrogen (secondary N) is 2. The van der Waals surface area contributed by atoms with E-state index in [1.807, 2.05) is 50.2 Å². The molecule has 2 N–H and O–H groups in total. The molecule has 1 fully saturated rings. The molecule has 0 unspecified atom stereocenters. The Hall–Kier alpha value is -4.04. The van der Waals surface area contributed by atoms with Crippen molar-refractivity contribution in [3.63, 3.8) is 0 Å². The van der Waals surface area contributed by atoms with Crippen molar-refractivity contribution in [3.8, 4) is 17.2 Å². The molecule has 0 atom stereocenters. The number of carbonyl (C=O) groups excluding carboxylic acids is 3. The highest BCUT2D eigenvalue weighted by Crippen LogP contribution is 2.25. The van der Waals surface area contributed by atoms with Crippen LogP contribution in [0.1, 0.15) is 39.7 Å². The summed E-state index contributed by atoms with van der Waals surface area (Å²) in [6.07, 6.45) is 0.490. The molecule has 0 aliphatic carbocycles. The minimum atomic E-state index is -1.00. The molecule has 1 saturated heterocycles. The number of amides is 3. The molecule has 2 aromatic carbocycles. The molecule has 40 heavy (non-hydrogen) atoms. The zero-order valence-corrected chi connectivity index (χ0v) is 23.4. The van der Waals surface area contributed by atoms with Crippen molar-refractivity contribution in [1.82, 2.24) is 15.5 Å². The Kier molecular flexibility index (Phi) is 9.66. The summed E-state index contributed by atoms with van der Waals surface area (Å²) in [5.41, 5.74) is 4.00. The molecule has 0 saturated carbocycles. The Morgan fingerprint density at radius 3 is 2.48 bits per heavy atom. The maximum absolute atomic E-state index is 13.3. The lowest BCUT2D eigenvalue weighted by molar-refractivity contribution is -0.178. The van der Waals surface area contributed by atoms with Gasteiger partial charge >= 0.3 is 0 Å². The Morgan fingerprint density at radius 2 is 1.82 bits per heavy atom. The van der Waals surface area contributed by atoms with E-state index in [1.54, 1.807) is 23.6 Å². The van der Waals surface area contributed by atoms with Gasteiger partial charge in [0.05, 0.1) is 45.0 Å². The van der Waals surface area contributed by atoms with Crippen LogP contribution < -0.4 is 10.6 Å². The van der Waals surface area contributed by atoms with Gasteiger partial charge in [-0.15, -0.1) is 11.3 Å². The third-order valence-electron chi connectivity index (χ3n) is 6.69. The van der Waals surface area contributed by atoms with E-state index in [0.717, 1.165) is 21.6 Å². The van der Waals surface area contributed by atoms with Gasteiger partial charge in [0, 0.05) is 22.2 Å². The van der Waals surface area contributed by atoms with Crippen molar-refractivity contribution in [2.75, 3.05) is 32.8 Å². The van der Waals surface area contributed by atoms with Crippen molar-refractivity contribution >= 4 is 29.1 Å². The fourth-order valence-corrected chi connectivity index (χ4v) is 5.24. The molecule has 1 aromatic heterocycles. The standard InChI is InChI=1S/C30H32N4O5S/c1-3-30(38-11-12-39-30)20-34(18-27(35)32-16-25-14-22(15-31)19-40-25)28(36)17-33-29(37)24-9-10-26(21(2)13-24)23-7-5-4-6-8-23/h4-10,13-14,19H,3,11-12,16-18,20H2,1-2H3,(H,32,35)(H,33,37). The number of ether oxygens (including phenoxy) is 2. The largest absolute Gasteiger partial charge is 0.350 e. The molecule has 9 nitrogen and oxygen atoms in total. The van der Waals surface area contributed by atoms with Crippen LogP contribution >= 0.6 is 11.3 Å². The second kappa shape index (κ2) is 13.3. The zero-order valence-electron chi connectivity index (χ0n) is 22.6. The van der Waals surface area contributed by atoms with Gasteiger partial charge in [-0.2, -0.15) is 5.26 Å². The maximum Gasteiger partial charge on any atom is 0.251 e. The van der Waals surface area contributed by atoms with Crippen LogP contribution in [0, 0.1) is 18.3 Å². The highest BCUT2D eigenvalue weighted by atomic mass is 32.1. The van der Waals surface area contributed by atoms with Crippen molar-refractivity contribution in [2.45, 2.75) is 32.6 Å². The number of nitriles is 1. The Bertz CT molecular complexity index is 1390. The minimum Gasteiger partial charge on any atom is -0.350 e. The van der Waals surface area contributed by atoms with Crippen LogP contribution in [0.15, 0.2) is 60.0 Å². The normalized spacial score (nSPS) is 13.8. The molecule has 0 radical (unpaired) electrons. The SMILES string of the molecule is CCC1(CN(CC(=O)NCc2cc(C#N)cs2)C(=O)CNC(=O)c2ccc(-c3ccccc3)c(C)c2)OCCO1. The van der Waals surface area contributed by atoms with Gasteiger partial charge < -0.3 is 25.0 Å². The predicted molar refractivity (Wildman–Crippen MR) is 151 cm³/mol. The van der Waals surface area contributed by atoms with E-state index in [2.05, 4.69) is 16.7 Å². The van der Waals surface area contributed by atoms with Crippen LogP contribution in [-0.4, -0.2) is 61.3 Å². The van der Waals surface area contributed by atoms with Crippen molar-refractivity contribution in [3.05, 3.63) is 81.5 Å². The van der Waals surface area contributed by atoms with E-state index in [-0.39, 0.29) is 38.0 Å². The van der Waals surface area contributed by atoms with Gasteiger partial charge in [-0.05, 0) is 41.8 Å². The van der Waals surface area contributed by atoms with E-state index in [0.29, 0.717) is 30.8 Å². The van der Waals surface area contributed by atoms with Gasteiger partial charge in [-0.3, -0.25) is 14.4 Å². The number of nitrogens with zero attached hydrogens (tertiary/aromatic N) is 2. The lowest BCUT2D eigenvalue weighted by atomic mass is 9.98. The highest BCUT2D eigenvalue weighted by Gasteiger charge is 2.38. The Morgan fingerprint density at radius 1 is 1.07 bits per heavy atom. The molecule has 0 spiro atoms. The zero-order chi connectivity index (χ0) is 28.5. The summed E-state index contributed by atoms with van der Waals surface area (Å²) >= 11 is 1.37. The van der Waals surface area contributed by atoms with Crippen LogP contribution in [0.25, 0.3) is 11.1 Å². The average molecular weight is 561 g/mol. The molecule has 3 aromatic rings. The summed E-state index contributed by atoms with van der Waals surface area (Å²) in [4.78, 5) is 41.1. The number of carbonyl (C=O) groups is 3. The van der Waals surface area contributed by atoms with Crippen LogP contribution in [0.3, 0.4) is 0 Å². The predicted octanol–water partition coefficient (Wildman–Crippen LogP) is 3.62. The van der Waals surface area contributed by atoms with Gasteiger partial charge in [0.25, 0.3) is 5.91 Å². The van der Waals surface area contributed by atoms with E-state index in [4.69, 9.17) is 14.7 Å². The second-order valence-corrected chi connectivity index (χ2v) is 10.5. The fraction of sp³-hybridized carbons (Fsp3) is 0.333. The Labute approximate surface area is 237 Å². The number of rotatable bonds is 11. The molecule has 1 aliphatic heterocycles. The number of hydrogen-bond acceptors (Lipinski definition) is 7. The van der Waals surface area contributed by atoms with E-state index in [1.165, 1.54) is 16.2 Å². The summed E-state index contributed by atoms with van der Waals surface area (Å²) in [5, 5.41) is 16.2. The fourth-order valence-electron chi connectivity index (χ4n) is 4.49. The third-order valence-corrected chi connectivity index (χ3v) is 7.62. The van der Waals surface area contributed by atoms with Gasteiger partial charge in [0.15, 0.2) is 5.79 Å². The number of hydrogen-bond donors (Lipinski definition) is 2. The number of aryl methyl sites for hydroxylation is 1. The lowest BCUT2D eigenvalue weighted by Crippen LogP contribution is -2.52. The molecule has 208 valence electrons.